The van der Waals surface area contributed by atoms with Crippen LogP contribution in [0.2, 0.25) is 0 Å². The molecular formula is C17H28O5. The molecule has 5 unspecified atom stereocenters. The summed E-state index contributed by atoms with van der Waals surface area (Å²) in [4.78, 5) is 23.8. The number of carbonyl (C=O) groups excluding carboxylic acids is 2. The highest BCUT2D eigenvalue weighted by atomic mass is 16.6. The number of carbonyl (C=O) groups is 2. The van der Waals surface area contributed by atoms with Crippen LogP contribution >= 0.6 is 0 Å². The van der Waals surface area contributed by atoms with Gasteiger partial charge in [0.05, 0.1) is 24.5 Å². The minimum atomic E-state index is -0.354. The molecule has 2 saturated heterocycles. The first-order valence-electron chi connectivity index (χ1n) is 8.55. The Morgan fingerprint density at radius 2 is 1.95 bits per heavy atom. The van der Waals surface area contributed by atoms with Crippen LogP contribution in [0.1, 0.15) is 52.9 Å². The number of cyclic esters (lactones) is 2. The summed E-state index contributed by atoms with van der Waals surface area (Å²) in [6, 6.07) is 0. The molecule has 0 saturated carbocycles. The molecule has 2 fully saturated rings. The van der Waals surface area contributed by atoms with Crippen LogP contribution in [0.4, 0.5) is 0 Å². The maximum absolute atomic E-state index is 12.1. The highest BCUT2D eigenvalue weighted by Gasteiger charge is 2.47. The van der Waals surface area contributed by atoms with Gasteiger partial charge >= 0.3 is 11.9 Å². The van der Waals surface area contributed by atoms with E-state index in [9.17, 15) is 9.59 Å². The lowest BCUT2D eigenvalue weighted by Gasteiger charge is -2.22. The molecule has 0 aromatic heterocycles. The van der Waals surface area contributed by atoms with Crippen LogP contribution in [-0.2, 0) is 23.8 Å². The summed E-state index contributed by atoms with van der Waals surface area (Å²) in [6.45, 7) is 7.53. The Kier molecular flexibility index (Phi) is 6.24. The van der Waals surface area contributed by atoms with Crippen LogP contribution in [0, 0.1) is 17.8 Å². The van der Waals surface area contributed by atoms with E-state index in [1.165, 1.54) is 0 Å². The van der Waals surface area contributed by atoms with Crippen molar-refractivity contribution in [2.24, 2.45) is 17.8 Å². The summed E-state index contributed by atoms with van der Waals surface area (Å²) in [5.74, 6) is -0.557. The summed E-state index contributed by atoms with van der Waals surface area (Å²) >= 11 is 0. The van der Waals surface area contributed by atoms with E-state index in [-0.39, 0.29) is 36.0 Å². The zero-order valence-corrected chi connectivity index (χ0v) is 13.9. The second-order valence-corrected chi connectivity index (χ2v) is 6.50. The third-order valence-electron chi connectivity index (χ3n) is 4.97. The first kappa shape index (κ1) is 17.3. The van der Waals surface area contributed by atoms with Crippen molar-refractivity contribution < 1.29 is 23.8 Å². The number of rotatable bonds is 8. The number of hydrogen-bond donors (Lipinski definition) is 0. The standard InChI is InChI=1S/C17H28O5/c1-4-11(3)6-8-20-14(5-2)15-10-13(17(19)22-15)12-7-9-21-16(12)18/h11-15H,4-10H2,1-3H3. The van der Waals surface area contributed by atoms with Gasteiger partial charge in [-0.2, -0.15) is 0 Å². The fourth-order valence-corrected chi connectivity index (χ4v) is 3.18. The van der Waals surface area contributed by atoms with E-state index in [2.05, 4.69) is 13.8 Å². The summed E-state index contributed by atoms with van der Waals surface area (Å²) in [5.41, 5.74) is 0. The third-order valence-corrected chi connectivity index (χ3v) is 4.97. The molecule has 5 nitrogen and oxygen atoms in total. The average Bonchev–Trinajstić information content (AvgIpc) is 3.09. The molecule has 2 aliphatic heterocycles. The van der Waals surface area contributed by atoms with Crippen molar-refractivity contribution in [1.82, 2.24) is 0 Å². The van der Waals surface area contributed by atoms with Gasteiger partial charge < -0.3 is 14.2 Å². The van der Waals surface area contributed by atoms with Crippen molar-refractivity contribution in [1.29, 1.82) is 0 Å². The fraction of sp³-hybridized carbons (Fsp3) is 0.882. The molecule has 5 atom stereocenters. The number of hydrogen-bond acceptors (Lipinski definition) is 5. The molecular weight excluding hydrogens is 284 g/mol. The molecule has 0 aromatic rings. The molecule has 5 heteroatoms. The molecule has 2 aliphatic rings. The molecule has 0 aliphatic carbocycles. The van der Waals surface area contributed by atoms with Gasteiger partial charge in [-0.1, -0.05) is 27.2 Å². The molecule has 0 N–H and O–H groups in total. The lowest BCUT2D eigenvalue weighted by atomic mass is 9.87. The average molecular weight is 312 g/mol. The number of ether oxygens (including phenoxy) is 3. The Morgan fingerprint density at radius 1 is 1.18 bits per heavy atom. The molecule has 0 radical (unpaired) electrons. The highest BCUT2D eigenvalue weighted by molar-refractivity contribution is 5.84. The summed E-state index contributed by atoms with van der Waals surface area (Å²) < 4.78 is 16.4. The van der Waals surface area contributed by atoms with Gasteiger partial charge in [0.2, 0.25) is 0 Å². The monoisotopic (exact) mass is 312 g/mol. The van der Waals surface area contributed by atoms with Crippen LogP contribution in [-0.4, -0.2) is 37.4 Å². The lowest BCUT2D eigenvalue weighted by molar-refractivity contribution is -0.154. The second kappa shape index (κ2) is 7.95. The molecule has 22 heavy (non-hydrogen) atoms. The topological polar surface area (TPSA) is 61.8 Å². The Labute approximate surface area is 132 Å². The molecule has 0 spiro atoms. The van der Waals surface area contributed by atoms with Crippen LogP contribution in [0.3, 0.4) is 0 Å². The van der Waals surface area contributed by atoms with Crippen molar-refractivity contribution in [3.8, 4) is 0 Å². The van der Waals surface area contributed by atoms with Crippen molar-refractivity contribution >= 4 is 11.9 Å². The number of esters is 2. The van der Waals surface area contributed by atoms with Crippen molar-refractivity contribution in [2.75, 3.05) is 13.2 Å². The van der Waals surface area contributed by atoms with Crippen molar-refractivity contribution in [2.45, 2.75) is 65.1 Å². The van der Waals surface area contributed by atoms with Gasteiger partial charge in [-0.15, -0.1) is 0 Å². The van der Waals surface area contributed by atoms with Gasteiger partial charge in [0.15, 0.2) is 0 Å². The van der Waals surface area contributed by atoms with Crippen LogP contribution < -0.4 is 0 Å². The van der Waals surface area contributed by atoms with Crippen LogP contribution in [0.5, 0.6) is 0 Å². The van der Waals surface area contributed by atoms with Gasteiger partial charge in [-0.25, -0.2) is 0 Å². The van der Waals surface area contributed by atoms with Gasteiger partial charge in [-0.05, 0) is 25.2 Å². The minimum Gasteiger partial charge on any atom is -0.465 e. The summed E-state index contributed by atoms with van der Waals surface area (Å²) in [7, 11) is 0. The predicted molar refractivity (Wildman–Crippen MR) is 81.2 cm³/mol. The molecule has 126 valence electrons. The van der Waals surface area contributed by atoms with Crippen LogP contribution in [0.15, 0.2) is 0 Å². The Balaban J connectivity index is 1.86. The summed E-state index contributed by atoms with van der Waals surface area (Å²) in [6.07, 6.45) is 3.86. The highest BCUT2D eigenvalue weighted by Crippen LogP contribution is 2.35. The van der Waals surface area contributed by atoms with E-state index in [1.54, 1.807) is 0 Å². The van der Waals surface area contributed by atoms with E-state index in [0.29, 0.717) is 32.0 Å². The maximum atomic E-state index is 12.1. The first-order valence-corrected chi connectivity index (χ1v) is 8.55. The predicted octanol–water partition coefficient (Wildman–Crippen LogP) is 2.71. The van der Waals surface area contributed by atoms with Crippen molar-refractivity contribution in [3.63, 3.8) is 0 Å². The Hall–Kier alpha value is -1.10. The lowest BCUT2D eigenvalue weighted by Crippen LogP contribution is -2.29. The summed E-state index contributed by atoms with van der Waals surface area (Å²) in [5, 5.41) is 0. The van der Waals surface area contributed by atoms with E-state index >= 15 is 0 Å². The van der Waals surface area contributed by atoms with Crippen molar-refractivity contribution in [3.05, 3.63) is 0 Å². The second-order valence-electron chi connectivity index (χ2n) is 6.50. The zero-order valence-electron chi connectivity index (χ0n) is 13.9. The zero-order chi connectivity index (χ0) is 16.1. The third kappa shape index (κ3) is 4.00. The molecule has 2 rings (SSSR count). The normalized spacial score (nSPS) is 31.0. The minimum absolute atomic E-state index is 0.0737. The van der Waals surface area contributed by atoms with Gasteiger partial charge in [-0.3, -0.25) is 9.59 Å². The van der Waals surface area contributed by atoms with E-state index < -0.39 is 0 Å². The smallest absolute Gasteiger partial charge is 0.310 e. The van der Waals surface area contributed by atoms with E-state index in [0.717, 1.165) is 19.3 Å². The van der Waals surface area contributed by atoms with Gasteiger partial charge in [0.1, 0.15) is 6.10 Å². The van der Waals surface area contributed by atoms with E-state index in [4.69, 9.17) is 14.2 Å². The molecule has 0 aromatic carbocycles. The Bertz CT molecular complexity index is 395. The fourth-order valence-electron chi connectivity index (χ4n) is 3.18. The van der Waals surface area contributed by atoms with Gasteiger partial charge in [0.25, 0.3) is 0 Å². The first-order chi connectivity index (χ1) is 10.6. The van der Waals surface area contributed by atoms with Gasteiger partial charge in [0, 0.05) is 13.0 Å². The van der Waals surface area contributed by atoms with E-state index in [1.807, 2.05) is 6.92 Å². The molecule has 0 amide bonds. The Morgan fingerprint density at radius 3 is 2.55 bits per heavy atom. The largest absolute Gasteiger partial charge is 0.465 e. The van der Waals surface area contributed by atoms with Crippen LogP contribution in [0.25, 0.3) is 0 Å². The SMILES string of the molecule is CCC(C)CCOC(CC)C1CC(C2CCOC2=O)C(=O)O1. The quantitative estimate of drug-likeness (QED) is 0.645. The molecule has 2 heterocycles. The molecule has 0 bridgehead atoms. The maximum Gasteiger partial charge on any atom is 0.310 e.